The minimum atomic E-state index is -0.0657. The Morgan fingerprint density at radius 2 is 2.10 bits per heavy atom. The van der Waals surface area contributed by atoms with Gasteiger partial charge in [-0.1, -0.05) is 34.1 Å². The van der Waals surface area contributed by atoms with Gasteiger partial charge in [-0.15, -0.1) is 0 Å². The Labute approximate surface area is 130 Å². The first-order valence-electron chi connectivity index (χ1n) is 8.74. The van der Waals surface area contributed by atoms with E-state index in [1.807, 2.05) is 0 Å². The lowest BCUT2D eigenvalue weighted by molar-refractivity contribution is 0.107. The van der Waals surface area contributed by atoms with Gasteiger partial charge in [-0.05, 0) is 50.0 Å². The van der Waals surface area contributed by atoms with Gasteiger partial charge >= 0.3 is 0 Å². The third kappa shape index (κ3) is 3.50. The Morgan fingerprint density at radius 3 is 2.67 bits per heavy atom. The lowest BCUT2D eigenvalue weighted by Gasteiger charge is -2.46. The van der Waals surface area contributed by atoms with Gasteiger partial charge in [-0.25, -0.2) is 0 Å². The molecule has 2 rings (SSSR count). The van der Waals surface area contributed by atoms with E-state index in [1.165, 1.54) is 24.2 Å². The van der Waals surface area contributed by atoms with Gasteiger partial charge in [0, 0.05) is 24.2 Å². The second-order valence-electron chi connectivity index (χ2n) is 7.44. The molecule has 1 saturated carbocycles. The maximum atomic E-state index is 6.96. The highest BCUT2D eigenvalue weighted by molar-refractivity contribution is 5.15. The molecule has 1 fully saturated rings. The summed E-state index contributed by atoms with van der Waals surface area (Å²) in [4.78, 5) is 0. The molecule has 1 heterocycles. The summed E-state index contributed by atoms with van der Waals surface area (Å²) in [5.74, 6) is 2.03. The fourth-order valence-corrected chi connectivity index (χ4v) is 4.30. The first kappa shape index (κ1) is 16.5. The number of aryl methyl sites for hydroxylation is 2. The van der Waals surface area contributed by atoms with E-state index in [2.05, 4.69) is 45.4 Å². The highest BCUT2D eigenvalue weighted by Crippen LogP contribution is 2.41. The summed E-state index contributed by atoms with van der Waals surface area (Å²) in [5.41, 5.74) is 9.42. The van der Waals surface area contributed by atoms with Crippen LogP contribution in [0.4, 0.5) is 0 Å². The predicted octanol–water partition coefficient (Wildman–Crippen LogP) is 3.80. The van der Waals surface area contributed by atoms with Crippen LogP contribution in [0.2, 0.25) is 0 Å². The number of rotatable bonds is 5. The number of aromatic nitrogens is 2. The van der Waals surface area contributed by atoms with Gasteiger partial charge in [0.15, 0.2) is 0 Å². The molecule has 0 amide bonds. The minimum absolute atomic E-state index is 0.0657. The Hall–Kier alpha value is -0.830. The van der Waals surface area contributed by atoms with E-state index in [0.29, 0.717) is 11.8 Å². The first-order valence-corrected chi connectivity index (χ1v) is 8.74. The Kier molecular flexibility index (Phi) is 5.13. The molecule has 3 heteroatoms. The van der Waals surface area contributed by atoms with Crippen LogP contribution < -0.4 is 5.73 Å². The van der Waals surface area contributed by atoms with Crippen molar-refractivity contribution in [2.75, 3.05) is 0 Å². The Morgan fingerprint density at radius 1 is 1.38 bits per heavy atom. The molecule has 1 aromatic rings. The van der Waals surface area contributed by atoms with Gasteiger partial charge in [0.25, 0.3) is 0 Å². The second-order valence-corrected chi connectivity index (χ2v) is 7.44. The maximum Gasteiger partial charge on any atom is 0.0624 e. The van der Waals surface area contributed by atoms with Crippen molar-refractivity contribution in [1.82, 2.24) is 9.78 Å². The van der Waals surface area contributed by atoms with Crippen LogP contribution in [-0.2, 0) is 19.4 Å². The molecule has 1 aliphatic carbocycles. The lowest BCUT2D eigenvalue weighted by Crippen LogP contribution is -2.54. The van der Waals surface area contributed by atoms with Gasteiger partial charge in [0.2, 0.25) is 0 Å². The highest BCUT2D eigenvalue weighted by Gasteiger charge is 2.41. The summed E-state index contributed by atoms with van der Waals surface area (Å²) in [7, 11) is 0. The van der Waals surface area contributed by atoms with Crippen LogP contribution in [0, 0.1) is 17.8 Å². The topological polar surface area (TPSA) is 43.8 Å². The van der Waals surface area contributed by atoms with Crippen molar-refractivity contribution < 1.29 is 0 Å². The Bertz CT molecular complexity index is 463. The molecule has 0 spiro atoms. The average Bonchev–Trinajstić information content (AvgIpc) is 2.79. The molecule has 3 unspecified atom stereocenters. The molecular weight excluding hydrogens is 258 g/mol. The van der Waals surface area contributed by atoms with Crippen LogP contribution in [0.1, 0.15) is 65.3 Å². The summed E-state index contributed by atoms with van der Waals surface area (Å²) in [6, 6.07) is 2.27. The van der Waals surface area contributed by atoms with Crippen molar-refractivity contribution in [2.45, 2.75) is 78.8 Å². The fraction of sp³-hybridized carbons (Fsp3) is 0.833. The number of nitrogens with zero attached hydrogens (tertiary/aromatic N) is 2. The van der Waals surface area contributed by atoms with Crippen LogP contribution in [0.15, 0.2) is 6.07 Å². The molecule has 120 valence electrons. The lowest BCUT2D eigenvalue weighted by atomic mass is 9.64. The average molecular weight is 291 g/mol. The molecule has 2 N–H and O–H groups in total. The quantitative estimate of drug-likeness (QED) is 0.896. The third-order valence-electron chi connectivity index (χ3n) is 5.33. The highest BCUT2D eigenvalue weighted by atomic mass is 15.3. The largest absolute Gasteiger partial charge is 0.324 e. The van der Waals surface area contributed by atoms with Crippen LogP contribution in [-0.4, -0.2) is 15.3 Å². The molecule has 1 aromatic heterocycles. The summed E-state index contributed by atoms with van der Waals surface area (Å²) in [6.07, 6.45) is 5.72. The van der Waals surface area contributed by atoms with E-state index in [9.17, 15) is 0 Å². The summed E-state index contributed by atoms with van der Waals surface area (Å²) < 4.78 is 2.16. The number of hydrogen-bond donors (Lipinski definition) is 1. The van der Waals surface area contributed by atoms with Crippen molar-refractivity contribution in [3.05, 3.63) is 17.5 Å². The second kappa shape index (κ2) is 6.51. The van der Waals surface area contributed by atoms with Gasteiger partial charge in [-0.2, -0.15) is 5.10 Å². The maximum absolute atomic E-state index is 6.96. The van der Waals surface area contributed by atoms with E-state index >= 15 is 0 Å². The minimum Gasteiger partial charge on any atom is -0.324 e. The summed E-state index contributed by atoms with van der Waals surface area (Å²) in [5, 5.41) is 4.69. The van der Waals surface area contributed by atoms with Crippen molar-refractivity contribution in [2.24, 2.45) is 23.5 Å². The molecule has 0 saturated heterocycles. The normalized spacial score (nSPS) is 30.0. The molecule has 3 nitrogen and oxygen atoms in total. The van der Waals surface area contributed by atoms with E-state index in [1.54, 1.807) is 0 Å². The number of hydrogen-bond acceptors (Lipinski definition) is 2. The third-order valence-corrected chi connectivity index (χ3v) is 5.33. The van der Waals surface area contributed by atoms with Crippen LogP contribution in [0.5, 0.6) is 0 Å². The SMILES string of the molecule is CCc1cc(CC2(N)CC(C)CCC2C(C)C)n(CC)n1. The fourth-order valence-electron chi connectivity index (χ4n) is 4.30. The molecule has 0 aromatic carbocycles. The van der Waals surface area contributed by atoms with Crippen molar-refractivity contribution in [3.8, 4) is 0 Å². The summed E-state index contributed by atoms with van der Waals surface area (Å²) >= 11 is 0. The van der Waals surface area contributed by atoms with E-state index in [0.717, 1.165) is 31.7 Å². The molecule has 3 atom stereocenters. The van der Waals surface area contributed by atoms with Crippen LogP contribution in [0.3, 0.4) is 0 Å². The van der Waals surface area contributed by atoms with Crippen molar-refractivity contribution in [3.63, 3.8) is 0 Å². The molecule has 1 aliphatic rings. The molecule has 21 heavy (non-hydrogen) atoms. The number of nitrogens with two attached hydrogens (primary N) is 1. The molecular formula is C18H33N3. The van der Waals surface area contributed by atoms with Gasteiger partial charge in [0.05, 0.1) is 5.69 Å². The van der Waals surface area contributed by atoms with Crippen molar-refractivity contribution in [1.29, 1.82) is 0 Å². The van der Waals surface area contributed by atoms with Crippen LogP contribution >= 0.6 is 0 Å². The first-order chi connectivity index (χ1) is 9.89. The van der Waals surface area contributed by atoms with Gasteiger partial charge < -0.3 is 5.73 Å². The van der Waals surface area contributed by atoms with Gasteiger partial charge in [0.1, 0.15) is 0 Å². The van der Waals surface area contributed by atoms with E-state index in [-0.39, 0.29) is 5.54 Å². The molecule has 0 radical (unpaired) electrons. The zero-order valence-electron chi connectivity index (χ0n) is 14.5. The van der Waals surface area contributed by atoms with Gasteiger partial charge in [-0.3, -0.25) is 4.68 Å². The van der Waals surface area contributed by atoms with E-state index in [4.69, 9.17) is 10.8 Å². The van der Waals surface area contributed by atoms with Crippen LogP contribution in [0.25, 0.3) is 0 Å². The smallest absolute Gasteiger partial charge is 0.0624 e. The summed E-state index contributed by atoms with van der Waals surface area (Å²) in [6.45, 7) is 12.3. The Balaban J connectivity index is 2.27. The monoisotopic (exact) mass is 291 g/mol. The zero-order chi connectivity index (χ0) is 15.6. The predicted molar refractivity (Wildman–Crippen MR) is 89.2 cm³/mol. The standard InChI is InChI=1S/C18H33N3/c1-6-15-10-16(21(7-2)20-15)12-18(19)11-14(5)8-9-17(18)13(3)4/h10,13-14,17H,6-9,11-12,19H2,1-5H3. The molecule has 0 aliphatic heterocycles. The zero-order valence-corrected chi connectivity index (χ0v) is 14.5. The molecule has 0 bridgehead atoms. The van der Waals surface area contributed by atoms with E-state index < -0.39 is 0 Å². The van der Waals surface area contributed by atoms with Crippen molar-refractivity contribution >= 4 is 0 Å².